The molecule has 4 aliphatic rings. The van der Waals surface area contributed by atoms with E-state index in [1.165, 1.54) is 37.9 Å². The molecule has 0 radical (unpaired) electrons. The summed E-state index contributed by atoms with van der Waals surface area (Å²) in [6.07, 6.45) is 4.43. The van der Waals surface area contributed by atoms with Gasteiger partial charge in [-0.2, -0.15) is 0 Å². The fourth-order valence-corrected chi connectivity index (χ4v) is 5.41. The first kappa shape index (κ1) is 14.7. The van der Waals surface area contributed by atoms with E-state index in [1.807, 2.05) is 0 Å². The van der Waals surface area contributed by atoms with Crippen LogP contribution in [0.15, 0.2) is 60.7 Å². The van der Waals surface area contributed by atoms with E-state index in [-0.39, 0.29) is 0 Å². The Labute approximate surface area is 145 Å². The lowest BCUT2D eigenvalue weighted by atomic mass is 9.59. The molecule has 2 heterocycles. The van der Waals surface area contributed by atoms with Crippen LogP contribution in [-0.2, 0) is 6.54 Å². The highest BCUT2D eigenvalue weighted by atomic mass is 15.2. The van der Waals surface area contributed by atoms with E-state index in [4.69, 9.17) is 0 Å². The minimum absolute atomic E-state index is 0.868. The molecule has 0 N–H and O–H groups in total. The van der Waals surface area contributed by atoms with Crippen LogP contribution in [0.25, 0.3) is 0 Å². The summed E-state index contributed by atoms with van der Waals surface area (Å²) in [5, 5.41) is 0. The number of hydrogen-bond donors (Lipinski definition) is 0. The molecule has 2 bridgehead atoms. The highest BCUT2D eigenvalue weighted by Gasteiger charge is 2.50. The minimum atomic E-state index is 0.868. The molecule has 2 aliphatic carbocycles. The standard InChI is InChI=1S/C23H27N/c1-3-7-17(8-4-1)14-24-15-20-11-21(16-24)23(20)13-19-12-22(19)18-9-5-2-6-10-18/h1-10,19-23H,11-16H2/t19-,20-,21+,22?,23?/m0/s1. The van der Waals surface area contributed by atoms with Crippen molar-refractivity contribution in [1.82, 2.24) is 4.90 Å². The van der Waals surface area contributed by atoms with Gasteiger partial charge < -0.3 is 0 Å². The maximum Gasteiger partial charge on any atom is 0.0233 e. The van der Waals surface area contributed by atoms with E-state index in [2.05, 4.69) is 65.6 Å². The summed E-state index contributed by atoms with van der Waals surface area (Å²) in [6.45, 7) is 3.81. The average molecular weight is 317 g/mol. The topological polar surface area (TPSA) is 3.24 Å². The van der Waals surface area contributed by atoms with Gasteiger partial charge in [0.15, 0.2) is 0 Å². The molecule has 0 spiro atoms. The van der Waals surface area contributed by atoms with E-state index in [1.54, 1.807) is 5.56 Å². The Morgan fingerprint density at radius 1 is 0.792 bits per heavy atom. The van der Waals surface area contributed by atoms with Gasteiger partial charge in [-0.05, 0) is 60.0 Å². The van der Waals surface area contributed by atoms with Crippen molar-refractivity contribution in [1.29, 1.82) is 0 Å². The van der Waals surface area contributed by atoms with Gasteiger partial charge in [-0.1, -0.05) is 60.7 Å². The average Bonchev–Trinajstić information content (AvgIpc) is 3.41. The Morgan fingerprint density at radius 3 is 2.17 bits per heavy atom. The van der Waals surface area contributed by atoms with Crippen molar-refractivity contribution < 1.29 is 0 Å². The van der Waals surface area contributed by atoms with Gasteiger partial charge in [0.25, 0.3) is 0 Å². The minimum Gasteiger partial charge on any atom is -0.299 e. The SMILES string of the molecule is c1ccc(CN2C[C@H]3C[C@@H](C2)C3C[C@@H]2CC2c2ccccc2)cc1. The van der Waals surface area contributed by atoms with Crippen LogP contribution in [0.3, 0.4) is 0 Å². The first-order valence-electron chi connectivity index (χ1n) is 9.68. The summed E-state index contributed by atoms with van der Waals surface area (Å²) in [6, 6.07) is 22.2. The van der Waals surface area contributed by atoms with E-state index in [0.717, 1.165) is 36.1 Å². The summed E-state index contributed by atoms with van der Waals surface area (Å²) in [7, 11) is 0. The van der Waals surface area contributed by atoms with Crippen LogP contribution in [0.2, 0.25) is 0 Å². The van der Waals surface area contributed by atoms with Crippen molar-refractivity contribution in [2.24, 2.45) is 23.7 Å². The summed E-state index contributed by atoms with van der Waals surface area (Å²) < 4.78 is 0. The summed E-state index contributed by atoms with van der Waals surface area (Å²) >= 11 is 0. The molecule has 5 atom stereocenters. The van der Waals surface area contributed by atoms with Crippen LogP contribution in [-0.4, -0.2) is 18.0 Å². The molecule has 0 aromatic heterocycles. The summed E-state index contributed by atoms with van der Waals surface area (Å²) in [5.74, 6) is 4.82. The monoisotopic (exact) mass is 317 g/mol. The molecule has 2 aliphatic heterocycles. The number of piperidine rings is 2. The zero-order valence-electron chi connectivity index (χ0n) is 14.4. The fourth-order valence-electron chi connectivity index (χ4n) is 5.41. The highest BCUT2D eigenvalue weighted by Crippen LogP contribution is 2.57. The van der Waals surface area contributed by atoms with Crippen molar-refractivity contribution in [2.75, 3.05) is 13.1 Å². The van der Waals surface area contributed by atoms with Crippen LogP contribution in [0, 0.1) is 23.7 Å². The number of rotatable bonds is 5. The lowest BCUT2D eigenvalue weighted by Gasteiger charge is -2.54. The van der Waals surface area contributed by atoms with Gasteiger partial charge in [-0.3, -0.25) is 4.90 Å². The van der Waals surface area contributed by atoms with Gasteiger partial charge in [0.2, 0.25) is 0 Å². The van der Waals surface area contributed by atoms with Gasteiger partial charge in [-0.15, -0.1) is 0 Å². The van der Waals surface area contributed by atoms with Gasteiger partial charge in [0, 0.05) is 19.6 Å². The predicted molar refractivity (Wildman–Crippen MR) is 98.7 cm³/mol. The third kappa shape index (κ3) is 2.80. The quantitative estimate of drug-likeness (QED) is 0.754. The Kier molecular flexibility index (Phi) is 3.70. The second-order valence-corrected chi connectivity index (χ2v) is 8.35. The Hall–Kier alpha value is -1.60. The third-order valence-electron chi connectivity index (χ3n) is 6.78. The molecule has 2 aromatic carbocycles. The van der Waals surface area contributed by atoms with Crippen molar-refractivity contribution >= 4 is 0 Å². The molecular weight excluding hydrogens is 290 g/mol. The normalized spacial score (nSPS) is 34.6. The number of nitrogens with zero attached hydrogens (tertiary/aromatic N) is 1. The molecule has 0 amide bonds. The summed E-state index contributed by atoms with van der Waals surface area (Å²) in [4.78, 5) is 2.70. The fraction of sp³-hybridized carbons (Fsp3) is 0.478. The van der Waals surface area contributed by atoms with E-state index in [0.29, 0.717) is 0 Å². The van der Waals surface area contributed by atoms with Gasteiger partial charge >= 0.3 is 0 Å². The molecule has 1 nitrogen and oxygen atoms in total. The van der Waals surface area contributed by atoms with Crippen LogP contribution < -0.4 is 0 Å². The van der Waals surface area contributed by atoms with Crippen molar-refractivity contribution in [3.05, 3.63) is 71.8 Å². The second kappa shape index (κ2) is 6.04. The van der Waals surface area contributed by atoms with Crippen LogP contribution in [0.1, 0.15) is 36.3 Å². The first-order valence-corrected chi connectivity index (χ1v) is 9.68. The molecule has 4 fully saturated rings. The predicted octanol–water partition coefficient (Wildman–Crippen LogP) is 4.95. The van der Waals surface area contributed by atoms with Crippen LogP contribution in [0.5, 0.6) is 0 Å². The molecular formula is C23H27N. The van der Waals surface area contributed by atoms with E-state index in [9.17, 15) is 0 Å². The smallest absolute Gasteiger partial charge is 0.0233 e. The number of benzene rings is 2. The number of fused-ring (bicyclic) bond motifs is 2. The van der Waals surface area contributed by atoms with Crippen molar-refractivity contribution in [3.63, 3.8) is 0 Å². The van der Waals surface area contributed by atoms with Gasteiger partial charge in [0.1, 0.15) is 0 Å². The Morgan fingerprint density at radius 2 is 1.46 bits per heavy atom. The lowest BCUT2D eigenvalue weighted by molar-refractivity contribution is -0.0530. The van der Waals surface area contributed by atoms with Crippen molar-refractivity contribution in [3.8, 4) is 0 Å². The molecule has 2 aromatic rings. The van der Waals surface area contributed by atoms with Gasteiger partial charge in [-0.25, -0.2) is 0 Å². The first-order chi connectivity index (χ1) is 11.9. The molecule has 24 heavy (non-hydrogen) atoms. The lowest BCUT2D eigenvalue weighted by Crippen LogP contribution is -2.54. The molecule has 2 saturated carbocycles. The summed E-state index contributed by atoms with van der Waals surface area (Å²) in [5.41, 5.74) is 3.05. The maximum atomic E-state index is 2.70. The molecule has 124 valence electrons. The van der Waals surface area contributed by atoms with Crippen LogP contribution >= 0.6 is 0 Å². The molecule has 2 saturated heterocycles. The van der Waals surface area contributed by atoms with Gasteiger partial charge in [0.05, 0.1) is 0 Å². The third-order valence-corrected chi connectivity index (χ3v) is 6.78. The zero-order chi connectivity index (χ0) is 15.9. The Balaban J connectivity index is 1.15. The molecule has 2 unspecified atom stereocenters. The van der Waals surface area contributed by atoms with E-state index >= 15 is 0 Å². The Bertz CT molecular complexity index is 668. The largest absolute Gasteiger partial charge is 0.299 e. The molecule has 6 rings (SSSR count). The van der Waals surface area contributed by atoms with Crippen molar-refractivity contribution in [2.45, 2.75) is 31.7 Å². The second-order valence-electron chi connectivity index (χ2n) is 8.35. The highest BCUT2D eigenvalue weighted by molar-refractivity contribution is 5.25. The molecule has 1 heteroatoms. The zero-order valence-corrected chi connectivity index (χ0v) is 14.4. The number of hydrogen-bond acceptors (Lipinski definition) is 1. The maximum absolute atomic E-state index is 2.70. The van der Waals surface area contributed by atoms with Crippen LogP contribution in [0.4, 0.5) is 0 Å². The van der Waals surface area contributed by atoms with E-state index < -0.39 is 0 Å².